The maximum Gasteiger partial charge on any atom is 0.0934 e. The first kappa shape index (κ1) is 12.9. The topological polar surface area (TPSA) is 32.3 Å². The van der Waals surface area contributed by atoms with E-state index in [1.165, 1.54) is 42.5 Å². The summed E-state index contributed by atoms with van der Waals surface area (Å²) in [5.74, 6) is 1.18. The number of thiophene rings is 1. The van der Waals surface area contributed by atoms with Gasteiger partial charge in [-0.3, -0.25) is 0 Å². The molecule has 2 aliphatic carbocycles. The molecule has 2 aliphatic rings. The van der Waals surface area contributed by atoms with Crippen LogP contribution in [-0.2, 0) is 6.42 Å². The number of hydrogen-bond donors (Lipinski definition) is 2. The molecular weight excluding hydrogens is 266 g/mol. The summed E-state index contributed by atoms with van der Waals surface area (Å²) in [6.07, 6.45) is 6.11. The molecule has 1 aromatic heterocycles. The Morgan fingerprint density at radius 2 is 2.17 bits per heavy atom. The molecule has 4 heteroatoms. The molecule has 3 unspecified atom stereocenters. The van der Waals surface area contributed by atoms with E-state index in [0.29, 0.717) is 24.5 Å². The monoisotopic (exact) mass is 285 g/mol. The van der Waals surface area contributed by atoms with Crippen molar-refractivity contribution in [2.45, 2.75) is 38.1 Å². The molecule has 100 valence electrons. The fourth-order valence-electron chi connectivity index (χ4n) is 3.46. The van der Waals surface area contributed by atoms with E-state index in [0.717, 1.165) is 10.9 Å². The summed E-state index contributed by atoms with van der Waals surface area (Å²) in [6, 6.07) is 2.62. The largest absolute Gasteiger partial charge is 0.396 e. The van der Waals surface area contributed by atoms with E-state index in [4.69, 9.17) is 11.6 Å². The Hall–Kier alpha value is -0.0900. The lowest BCUT2D eigenvalue weighted by molar-refractivity contribution is 0.190. The average molecular weight is 286 g/mol. The fraction of sp³-hybridized carbons (Fsp3) is 0.714. The van der Waals surface area contributed by atoms with E-state index < -0.39 is 0 Å². The summed E-state index contributed by atoms with van der Waals surface area (Å²) in [5, 5.41) is 13.0. The number of aliphatic hydroxyl groups is 1. The van der Waals surface area contributed by atoms with Crippen LogP contribution in [0.1, 0.15) is 42.2 Å². The Bertz CT molecular complexity index is 420. The van der Waals surface area contributed by atoms with E-state index in [-0.39, 0.29) is 0 Å². The van der Waals surface area contributed by atoms with Crippen LogP contribution < -0.4 is 5.32 Å². The summed E-state index contributed by atoms with van der Waals surface area (Å²) in [7, 11) is 0. The lowest BCUT2D eigenvalue weighted by atomic mass is 9.96. The van der Waals surface area contributed by atoms with Gasteiger partial charge in [0.25, 0.3) is 0 Å². The molecular formula is C14H20ClNOS. The van der Waals surface area contributed by atoms with Gasteiger partial charge in [-0.25, -0.2) is 0 Å². The molecule has 2 N–H and O–H groups in total. The Balaban J connectivity index is 1.58. The van der Waals surface area contributed by atoms with Gasteiger partial charge in [-0.15, -0.1) is 11.3 Å². The van der Waals surface area contributed by atoms with Gasteiger partial charge in [0.2, 0.25) is 0 Å². The van der Waals surface area contributed by atoms with Crippen molar-refractivity contribution in [1.29, 1.82) is 0 Å². The van der Waals surface area contributed by atoms with Crippen LogP contribution >= 0.6 is 22.9 Å². The predicted molar refractivity (Wildman–Crippen MR) is 76.3 cm³/mol. The molecule has 0 spiro atoms. The van der Waals surface area contributed by atoms with Crippen molar-refractivity contribution in [1.82, 2.24) is 5.32 Å². The zero-order chi connectivity index (χ0) is 12.5. The number of rotatable bonds is 4. The minimum Gasteiger partial charge on any atom is -0.396 e. The van der Waals surface area contributed by atoms with E-state index in [1.807, 2.05) is 0 Å². The molecule has 2 nitrogen and oxygen atoms in total. The molecule has 0 radical (unpaired) electrons. The summed E-state index contributed by atoms with van der Waals surface area (Å²) in [6.45, 7) is 1.40. The van der Waals surface area contributed by atoms with Crippen molar-refractivity contribution >= 4 is 22.9 Å². The predicted octanol–water partition coefficient (Wildman–Crippen LogP) is 3.39. The Morgan fingerprint density at radius 1 is 1.33 bits per heavy atom. The SMILES string of the molecule is OCC1CCCC1CNC1CCc2sc(Cl)cc21. The second-order valence-electron chi connectivity index (χ2n) is 5.56. The second kappa shape index (κ2) is 5.49. The van der Waals surface area contributed by atoms with Gasteiger partial charge in [-0.1, -0.05) is 18.0 Å². The van der Waals surface area contributed by atoms with Crippen molar-refractivity contribution in [3.63, 3.8) is 0 Å². The first-order valence-corrected chi connectivity index (χ1v) is 8.09. The first-order chi connectivity index (χ1) is 8.78. The van der Waals surface area contributed by atoms with Gasteiger partial charge < -0.3 is 10.4 Å². The smallest absolute Gasteiger partial charge is 0.0934 e. The Morgan fingerprint density at radius 3 is 3.00 bits per heavy atom. The molecule has 1 aromatic rings. The number of fused-ring (bicyclic) bond motifs is 1. The van der Waals surface area contributed by atoms with E-state index >= 15 is 0 Å². The van der Waals surface area contributed by atoms with Crippen LogP contribution in [0.4, 0.5) is 0 Å². The van der Waals surface area contributed by atoms with Crippen LogP contribution in [0.25, 0.3) is 0 Å². The van der Waals surface area contributed by atoms with Gasteiger partial charge in [0.15, 0.2) is 0 Å². The number of aliphatic hydroxyl groups excluding tert-OH is 1. The number of aryl methyl sites for hydroxylation is 1. The lowest BCUT2D eigenvalue weighted by Crippen LogP contribution is -2.29. The number of nitrogens with one attached hydrogen (secondary N) is 1. The molecule has 1 heterocycles. The van der Waals surface area contributed by atoms with Crippen molar-refractivity contribution in [3.05, 3.63) is 20.8 Å². The molecule has 0 amide bonds. The second-order valence-corrected chi connectivity index (χ2v) is 7.33. The van der Waals surface area contributed by atoms with Gasteiger partial charge in [0.05, 0.1) is 4.34 Å². The maximum atomic E-state index is 9.35. The van der Waals surface area contributed by atoms with Crippen LogP contribution in [0.5, 0.6) is 0 Å². The highest BCUT2D eigenvalue weighted by molar-refractivity contribution is 7.16. The molecule has 18 heavy (non-hydrogen) atoms. The van der Waals surface area contributed by atoms with Crippen LogP contribution in [-0.4, -0.2) is 18.3 Å². The average Bonchev–Trinajstić information content (AvgIpc) is 3.01. The van der Waals surface area contributed by atoms with Gasteiger partial charge in [0.1, 0.15) is 0 Å². The molecule has 1 fully saturated rings. The normalized spacial score (nSPS) is 30.9. The van der Waals surface area contributed by atoms with Gasteiger partial charge in [-0.05, 0) is 55.7 Å². The third kappa shape index (κ3) is 2.46. The van der Waals surface area contributed by atoms with Gasteiger partial charge >= 0.3 is 0 Å². The molecule has 0 saturated heterocycles. The summed E-state index contributed by atoms with van der Waals surface area (Å²) >= 11 is 7.80. The highest BCUT2D eigenvalue weighted by Gasteiger charge is 2.29. The van der Waals surface area contributed by atoms with Crippen LogP contribution in [0.2, 0.25) is 4.34 Å². The van der Waals surface area contributed by atoms with E-state index in [9.17, 15) is 5.11 Å². The minimum atomic E-state index is 0.354. The van der Waals surface area contributed by atoms with Crippen molar-refractivity contribution in [2.75, 3.05) is 13.2 Å². The highest BCUT2D eigenvalue weighted by Crippen LogP contribution is 2.40. The number of halogens is 1. The van der Waals surface area contributed by atoms with E-state index in [2.05, 4.69) is 11.4 Å². The lowest BCUT2D eigenvalue weighted by Gasteiger charge is -2.21. The summed E-state index contributed by atoms with van der Waals surface area (Å²) < 4.78 is 0.917. The third-order valence-electron chi connectivity index (χ3n) is 4.52. The van der Waals surface area contributed by atoms with Crippen LogP contribution in [0.3, 0.4) is 0 Å². The van der Waals surface area contributed by atoms with Crippen molar-refractivity contribution in [3.8, 4) is 0 Å². The first-order valence-electron chi connectivity index (χ1n) is 6.90. The zero-order valence-corrected chi connectivity index (χ0v) is 12.1. The van der Waals surface area contributed by atoms with E-state index in [1.54, 1.807) is 11.3 Å². The summed E-state index contributed by atoms with van der Waals surface area (Å²) in [4.78, 5) is 1.46. The molecule has 3 atom stereocenters. The van der Waals surface area contributed by atoms with Crippen LogP contribution in [0, 0.1) is 11.8 Å². The zero-order valence-electron chi connectivity index (χ0n) is 10.5. The highest BCUT2D eigenvalue weighted by atomic mass is 35.5. The Labute approximate surface area is 117 Å². The van der Waals surface area contributed by atoms with Gasteiger partial charge in [0, 0.05) is 17.5 Å². The molecule has 1 saturated carbocycles. The standard InChI is InChI=1S/C14H20ClNOS/c15-14-6-11-12(4-5-13(11)18-14)16-7-9-2-1-3-10(9)8-17/h6,9-10,12,16-17H,1-5,7-8H2. The maximum absolute atomic E-state index is 9.35. The number of hydrogen-bond acceptors (Lipinski definition) is 3. The summed E-state index contributed by atoms with van der Waals surface area (Å²) in [5.41, 5.74) is 1.42. The molecule has 0 aromatic carbocycles. The third-order valence-corrected chi connectivity index (χ3v) is 5.86. The van der Waals surface area contributed by atoms with Crippen molar-refractivity contribution < 1.29 is 5.11 Å². The quantitative estimate of drug-likeness (QED) is 0.889. The van der Waals surface area contributed by atoms with Gasteiger partial charge in [-0.2, -0.15) is 0 Å². The molecule has 0 bridgehead atoms. The van der Waals surface area contributed by atoms with Crippen LogP contribution in [0.15, 0.2) is 6.07 Å². The fourth-order valence-corrected chi connectivity index (χ4v) is 4.82. The Kier molecular flexibility index (Phi) is 3.94. The molecule has 0 aliphatic heterocycles. The van der Waals surface area contributed by atoms with Crippen molar-refractivity contribution in [2.24, 2.45) is 11.8 Å². The molecule has 3 rings (SSSR count). The minimum absolute atomic E-state index is 0.354.